The number of alkyl halides is 2. The molecular formula is C16H18BrF2NO3. The minimum Gasteiger partial charge on any atom is -0.391 e. The fraction of sp³-hybridized carbons (Fsp3) is 0.562. The summed E-state index contributed by atoms with van der Waals surface area (Å²) in [7, 11) is 0. The van der Waals surface area contributed by atoms with Crippen LogP contribution >= 0.6 is 15.9 Å². The SMILES string of the molecule is O=C(N1CC(O)CC(F)(F)C1)C1(O)CCc2cc(Br)ccc2C1. The van der Waals surface area contributed by atoms with Gasteiger partial charge in [0.05, 0.1) is 12.6 Å². The van der Waals surface area contributed by atoms with Gasteiger partial charge in [0.2, 0.25) is 0 Å². The highest BCUT2D eigenvalue weighted by Crippen LogP contribution is 2.34. The van der Waals surface area contributed by atoms with Crippen molar-refractivity contribution in [1.82, 2.24) is 4.90 Å². The number of aliphatic hydroxyl groups excluding tert-OH is 1. The molecule has 0 radical (unpaired) electrons. The molecule has 0 aromatic heterocycles. The third-order valence-electron chi connectivity index (χ3n) is 4.53. The number of nitrogens with zero attached hydrogens (tertiary/aromatic N) is 1. The van der Waals surface area contributed by atoms with Crippen LogP contribution in [-0.4, -0.2) is 51.7 Å². The van der Waals surface area contributed by atoms with Gasteiger partial charge >= 0.3 is 0 Å². The molecule has 2 atom stereocenters. The molecule has 2 aliphatic rings. The van der Waals surface area contributed by atoms with Crippen LogP contribution in [0.1, 0.15) is 24.0 Å². The molecule has 1 fully saturated rings. The average molecular weight is 390 g/mol. The molecule has 2 N–H and O–H groups in total. The fourth-order valence-electron chi connectivity index (χ4n) is 3.45. The largest absolute Gasteiger partial charge is 0.391 e. The lowest BCUT2D eigenvalue weighted by atomic mass is 9.79. The molecule has 1 heterocycles. The van der Waals surface area contributed by atoms with Crippen LogP contribution in [0.15, 0.2) is 22.7 Å². The first-order valence-electron chi connectivity index (χ1n) is 7.53. The summed E-state index contributed by atoms with van der Waals surface area (Å²) in [6.45, 7) is -0.914. The van der Waals surface area contributed by atoms with Crippen LogP contribution in [0.3, 0.4) is 0 Å². The Labute approximate surface area is 141 Å². The zero-order valence-corrected chi connectivity index (χ0v) is 14.0. The number of carbonyl (C=O) groups is 1. The second-order valence-electron chi connectivity index (χ2n) is 6.52. The number of amides is 1. The van der Waals surface area contributed by atoms with Gasteiger partial charge in [-0.1, -0.05) is 22.0 Å². The van der Waals surface area contributed by atoms with Gasteiger partial charge in [-0.25, -0.2) is 8.78 Å². The van der Waals surface area contributed by atoms with Crippen LogP contribution in [0.5, 0.6) is 0 Å². The van der Waals surface area contributed by atoms with E-state index in [4.69, 9.17) is 0 Å². The van der Waals surface area contributed by atoms with E-state index in [1.165, 1.54) is 0 Å². The van der Waals surface area contributed by atoms with Gasteiger partial charge in [0.25, 0.3) is 11.8 Å². The maximum Gasteiger partial charge on any atom is 0.267 e. The Balaban J connectivity index is 1.81. The monoisotopic (exact) mass is 389 g/mol. The van der Waals surface area contributed by atoms with Crippen LogP contribution in [0.4, 0.5) is 8.78 Å². The Hall–Kier alpha value is -1.05. The predicted molar refractivity (Wildman–Crippen MR) is 83.3 cm³/mol. The quantitative estimate of drug-likeness (QED) is 0.770. The molecule has 3 rings (SSSR count). The molecule has 1 aliphatic carbocycles. The number of halogens is 3. The van der Waals surface area contributed by atoms with Crippen molar-refractivity contribution in [2.45, 2.75) is 43.3 Å². The molecular weight excluding hydrogens is 372 g/mol. The number of benzene rings is 1. The maximum absolute atomic E-state index is 13.6. The fourth-order valence-corrected chi connectivity index (χ4v) is 3.86. The van der Waals surface area contributed by atoms with E-state index in [9.17, 15) is 23.8 Å². The lowest BCUT2D eigenvalue weighted by Gasteiger charge is -2.41. The normalized spacial score (nSPS) is 30.0. The summed E-state index contributed by atoms with van der Waals surface area (Å²) in [4.78, 5) is 13.5. The van der Waals surface area contributed by atoms with Crippen molar-refractivity contribution in [3.8, 4) is 0 Å². The van der Waals surface area contributed by atoms with Crippen LogP contribution < -0.4 is 0 Å². The van der Waals surface area contributed by atoms with Gasteiger partial charge in [-0.15, -0.1) is 0 Å². The summed E-state index contributed by atoms with van der Waals surface area (Å²) in [5, 5.41) is 20.3. The highest BCUT2D eigenvalue weighted by molar-refractivity contribution is 9.10. The number of rotatable bonds is 1. The number of aliphatic hydroxyl groups is 2. The van der Waals surface area contributed by atoms with Gasteiger partial charge in [-0.2, -0.15) is 0 Å². The number of β-amino-alcohol motifs (C(OH)–C–C–N with tert-alkyl or cyclic N) is 1. The molecule has 1 aromatic carbocycles. The van der Waals surface area contributed by atoms with E-state index in [1.807, 2.05) is 18.2 Å². The van der Waals surface area contributed by atoms with Crippen LogP contribution in [0.2, 0.25) is 0 Å². The van der Waals surface area contributed by atoms with Crippen LogP contribution in [0, 0.1) is 0 Å². The lowest BCUT2D eigenvalue weighted by Crippen LogP contribution is -2.59. The van der Waals surface area contributed by atoms with Crippen molar-refractivity contribution < 1.29 is 23.8 Å². The van der Waals surface area contributed by atoms with E-state index < -0.39 is 36.5 Å². The molecule has 1 amide bonds. The molecule has 1 aromatic rings. The van der Waals surface area contributed by atoms with Crippen LogP contribution in [-0.2, 0) is 17.6 Å². The highest BCUT2D eigenvalue weighted by Gasteiger charge is 2.48. The Kier molecular flexibility index (Phi) is 4.23. The van der Waals surface area contributed by atoms with Crippen molar-refractivity contribution in [1.29, 1.82) is 0 Å². The van der Waals surface area contributed by atoms with Gasteiger partial charge < -0.3 is 15.1 Å². The molecule has 0 bridgehead atoms. The summed E-state index contributed by atoms with van der Waals surface area (Å²) in [5.41, 5.74) is 0.203. The van der Waals surface area contributed by atoms with Gasteiger partial charge in [-0.05, 0) is 36.1 Å². The molecule has 1 saturated heterocycles. The molecule has 0 saturated carbocycles. The number of carbonyl (C=O) groups excluding carboxylic acids is 1. The predicted octanol–water partition coefficient (Wildman–Crippen LogP) is 1.90. The smallest absolute Gasteiger partial charge is 0.267 e. The van der Waals surface area contributed by atoms with E-state index >= 15 is 0 Å². The summed E-state index contributed by atoms with van der Waals surface area (Å²) >= 11 is 3.38. The van der Waals surface area contributed by atoms with Crippen molar-refractivity contribution >= 4 is 21.8 Å². The summed E-state index contributed by atoms with van der Waals surface area (Å²) in [5.74, 6) is -3.84. The lowest BCUT2D eigenvalue weighted by molar-refractivity contribution is -0.169. The van der Waals surface area contributed by atoms with Crippen LogP contribution in [0.25, 0.3) is 0 Å². The van der Waals surface area contributed by atoms with Crippen molar-refractivity contribution in [2.75, 3.05) is 13.1 Å². The maximum atomic E-state index is 13.6. The minimum atomic E-state index is -3.12. The van der Waals surface area contributed by atoms with E-state index in [-0.39, 0.29) is 19.4 Å². The zero-order valence-electron chi connectivity index (χ0n) is 12.4. The Morgan fingerprint density at radius 1 is 1.35 bits per heavy atom. The van der Waals surface area contributed by atoms with E-state index in [0.717, 1.165) is 20.5 Å². The first-order chi connectivity index (χ1) is 10.7. The first-order valence-corrected chi connectivity index (χ1v) is 8.33. The van der Waals surface area contributed by atoms with Crippen molar-refractivity contribution in [2.24, 2.45) is 0 Å². The second kappa shape index (κ2) is 5.79. The second-order valence-corrected chi connectivity index (χ2v) is 7.44. The van der Waals surface area contributed by atoms with E-state index in [0.29, 0.717) is 6.42 Å². The third-order valence-corrected chi connectivity index (χ3v) is 5.03. The molecule has 23 heavy (non-hydrogen) atoms. The molecule has 1 aliphatic heterocycles. The van der Waals surface area contributed by atoms with Gasteiger partial charge in [-0.3, -0.25) is 4.79 Å². The number of hydrogen-bond donors (Lipinski definition) is 2. The number of hydrogen-bond acceptors (Lipinski definition) is 3. The molecule has 2 unspecified atom stereocenters. The van der Waals surface area contributed by atoms with E-state index in [2.05, 4.69) is 15.9 Å². The van der Waals surface area contributed by atoms with Gasteiger partial charge in [0, 0.05) is 23.9 Å². The zero-order chi connectivity index (χ0) is 16.8. The number of piperidine rings is 1. The van der Waals surface area contributed by atoms with E-state index in [1.54, 1.807) is 0 Å². The standard InChI is InChI=1S/C16H18BrF2NO3/c17-12-2-1-11-6-15(23,4-3-10(11)5-12)14(22)20-8-13(21)7-16(18,19)9-20/h1-2,5,13,21,23H,3-4,6-9H2. The molecule has 7 heteroatoms. The topological polar surface area (TPSA) is 60.8 Å². The molecule has 126 valence electrons. The summed E-state index contributed by atoms with van der Waals surface area (Å²) in [6.07, 6.45) is -1.12. The average Bonchev–Trinajstić information content (AvgIpc) is 2.45. The highest BCUT2D eigenvalue weighted by atomic mass is 79.9. The number of fused-ring (bicyclic) bond motifs is 1. The third kappa shape index (κ3) is 3.41. The van der Waals surface area contributed by atoms with Crippen molar-refractivity contribution in [3.63, 3.8) is 0 Å². The summed E-state index contributed by atoms with van der Waals surface area (Å²) in [6, 6.07) is 5.60. The Bertz CT molecular complexity index is 640. The number of aryl methyl sites for hydroxylation is 1. The van der Waals surface area contributed by atoms with Gasteiger partial charge in [0.15, 0.2) is 0 Å². The Morgan fingerprint density at radius 2 is 2.09 bits per heavy atom. The number of likely N-dealkylation sites (tertiary alicyclic amines) is 1. The summed E-state index contributed by atoms with van der Waals surface area (Å²) < 4.78 is 28.1. The minimum absolute atomic E-state index is 0.104. The molecule has 0 spiro atoms. The van der Waals surface area contributed by atoms with Crippen molar-refractivity contribution in [3.05, 3.63) is 33.8 Å². The Morgan fingerprint density at radius 3 is 2.78 bits per heavy atom. The van der Waals surface area contributed by atoms with Gasteiger partial charge in [0.1, 0.15) is 5.60 Å². The molecule has 4 nitrogen and oxygen atoms in total. The first kappa shape index (κ1) is 16.8.